The Balaban J connectivity index is 2.94. The van der Waals surface area contributed by atoms with Gasteiger partial charge in [0.25, 0.3) is 0 Å². The molecular formula is C16H24N2O. The van der Waals surface area contributed by atoms with Crippen LogP contribution in [0.5, 0.6) is 5.75 Å². The van der Waals surface area contributed by atoms with Crippen LogP contribution < -0.4 is 10.1 Å². The fourth-order valence-electron chi connectivity index (χ4n) is 1.93. The molecular weight excluding hydrogens is 236 g/mol. The highest BCUT2D eigenvalue weighted by atomic mass is 16.5. The van der Waals surface area contributed by atoms with Crippen molar-refractivity contribution in [1.29, 1.82) is 5.26 Å². The zero-order valence-corrected chi connectivity index (χ0v) is 12.4. The standard InChI is InChI=1S/C16H24N2O/c1-5-9-18-13(4)15-8-7-12(3)10-16(15)19-14(6-2)11-17/h7-8,10,13-14,18H,5-6,9H2,1-4H3. The third kappa shape index (κ3) is 4.57. The molecule has 1 aromatic carbocycles. The lowest BCUT2D eigenvalue weighted by Gasteiger charge is -2.20. The average molecular weight is 260 g/mol. The van der Waals surface area contributed by atoms with Gasteiger partial charge in [0.2, 0.25) is 0 Å². The molecule has 104 valence electrons. The van der Waals surface area contributed by atoms with E-state index < -0.39 is 0 Å². The van der Waals surface area contributed by atoms with Gasteiger partial charge in [-0.2, -0.15) is 5.26 Å². The van der Waals surface area contributed by atoms with E-state index >= 15 is 0 Å². The molecule has 0 bridgehead atoms. The molecule has 0 amide bonds. The normalized spacial score (nSPS) is 13.6. The van der Waals surface area contributed by atoms with Crippen molar-refractivity contribution in [3.8, 4) is 11.8 Å². The van der Waals surface area contributed by atoms with Crippen LogP contribution in [-0.2, 0) is 0 Å². The minimum atomic E-state index is -0.376. The lowest BCUT2D eigenvalue weighted by molar-refractivity contribution is 0.247. The first-order valence-corrected chi connectivity index (χ1v) is 7.02. The first-order valence-electron chi connectivity index (χ1n) is 7.02. The van der Waals surface area contributed by atoms with Crippen molar-refractivity contribution in [2.75, 3.05) is 6.54 Å². The highest BCUT2D eigenvalue weighted by molar-refractivity contribution is 5.39. The van der Waals surface area contributed by atoms with Crippen molar-refractivity contribution in [3.63, 3.8) is 0 Å². The summed E-state index contributed by atoms with van der Waals surface area (Å²) in [6, 6.07) is 8.60. The predicted molar refractivity (Wildman–Crippen MR) is 78.2 cm³/mol. The van der Waals surface area contributed by atoms with Crippen LogP contribution in [0.3, 0.4) is 0 Å². The summed E-state index contributed by atoms with van der Waals surface area (Å²) in [7, 11) is 0. The highest BCUT2D eigenvalue weighted by Gasteiger charge is 2.14. The van der Waals surface area contributed by atoms with Crippen molar-refractivity contribution in [2.45, 2.75) is 52.7 Å². The molecule has 3 nitrogen and oxygen atoms in total. The number of rotatable bonds is 7. The summed E-state index contributed by atoms with van der Waals surface area (Å²) in [6.07, 6.45) is 1.42. The predicted octanol–water partition coefficient (Wildman–Crippen LogP) is 3.74. The largest absolute Gasteiger partial charge is 0.475 e. The van der Waals surface area contributed by atoms with E-state index in [1.165, 1.54) is 0 Å². The molecule has 2 atom stereocenters. The summed E-state index contributed by atoms with van der Waals surface area (Å²) in [5, 5.41) is 12.5. The Labute approximate surface area is 116 Å². The molecule has 2 unspecified atom stereocenters. The minimum absolute atomic E-state index is 0.228. The summed E-state index contributed by atoms with van der Waals surface area (Å²) in [5.41, 5.74) is 2.27. The number of nitrogens with one attached hydrogen (secondary N) is 1. The highest BCUT2D eigenvalue weighted by Crippen LogP contribution is 2.27. The number of hydrogen-bond acceptors (Lipinski definition) is 3. The lowest BCUT2D eigenvalue weighted by Crippen LogP contribution is -2.21. The fraction of sp³-hybridized carbons (Fsp3) is 0.562. The van der Waals surface area contributed by atoms with Gasteiger partial charge < -0.3 is 10.1 Å². The van der Waals surface area contributed by atoms with E-state index in [1.807, 2.05) is 19.9 Å². The van der Waals surface area contributed by atoms with E-state index in [0.29, 0.717) is 6.42 Å². The molecule has 0 saturated heterocycles. The van der Waals surface area contributed by atoms with Gasteiger partial charge in [0.05, 0.1) is 0 Å². The second kappa shape index (κ2) is 7.81. The zero-order chi connectivity index (χ0) is 14.3. The molecule has 0 aliphatic rings. The lowest BCUT2D eigenvalue weighted by atomic mass is 10.0. The molecule has 0 fully saturated rings. The molecule has 0 saturated carbocycles. The third-order valence-corrected chi connectivity index (χ3v) is 3.12. The van der Waals surface area contributed by atoms with Crippen LogP contribution in [0, 0.1) is 18.3 Å². The number of benzene rings is 1. The van der Waals surface area contributed by atoms with Crippen LogP contribution >= 0.6 is 0 Å². The van der Waals surface area contributed by atoms with Crippen LogP contribution in [0.4, 0.5) is 0 Å². The van der Waals surface area contributed by atoms with E-state index in [4.69, 9.17) is 10.00 Å². The van der Waals surface area contributed by atoms with Gasteiger partial charge in [-0.3, -0.25) is 0 Å². The zero-order valence-electron chi connectivity index (χ0n) is 12.4. The Bertz CT molecular complexity index is 437. The van der Waals surface area contributed by atoms with Crippen molar-refractivity contribution >= 4 is 0 Å². The topological polar surface area (TPSA) is 45.0 Å². The molecule has 0 radical (unpaired) electrons. The SMILES string of the molecule is CCCNC(C)c1ccc(C)cc1OC(C#N)CC. The minimum Gasteiger partial charge on any atom is -0.475 e. The van der Waals surface area contributed by atoms with Crippen molar-refractivity contribution in [2.24, 2.45) is 0 Å². The van der Waals surface area contributed by atoms with Crippen molar-refractivity contribution in [1.82, 2.24) is 5.32 Å². The smallest absolute Gasteiger partial charge is 0.184 e. The number of nitriles is 1. The van der Waals surface area contributed by atoms with Crippen molar-refractivity contribution < 1.29 is 4.74 Å². The molecule has 0 aliphatic carbocycles. The van der Waals surface area contributed by atoms with Gasteiger partial charge in [0.15, 0.2) is 6.10 Å². The second-order valence-corrected chi connectivity index (χ2v) is 4.86. The first-order chi connectivity index (χ1) is 9.12. The molecule has 0 heterocycles. The summed E-state index contributed by atoms with van der Waals surface area (Å²) in [6.45, 7) is 9.25. The maximum Gasteiger partial charge on any atom is 0.184 e. The van der Waals surface area contributed by atoms with Crippen LogP contribution in [0.15, 0.2) is 18.2 Å². The number of hydrogen-bond donors (Lipinski definition) is 1. The Hall–Kier alpha value is -1.53. The first kappa shape index (κ1) is 15.5. The van der Waals surface area contributed by atoms with Gasteiger partial charge in [-0.15, -0.1) is 0 Å². The van der Waals surface area contributed by atoms with Gasteiger partial charge in [-0.05, 0) is 44.9 Å². The molecule has 0 aliphatic heterocycles. The molecule has 1 N–H and O–H groups in total. The third-order valence-electron chi connectivity index (χ3n) is 3.12. The molecule has 1 aromatic rings. The summed E-state index contributed by atoms with van der Waals surface area (Å²) >= 11 is 0. The summed E-state index contributed by atoms with van der Waals surface area (Å²) in [5.74, 6) is 0.824. The van der Waals surface area contributed by atoms with Gasteiger partial charge in [0, 0.05) is 11.6 Å². The number of ether oxygens (including phenoxy) is 1. The van der Waals surface area contributed by atoms with Gasteiger partial charge in [-0.25, -0.2) is 0 Å². The maximum absolute atomic E-state index is 9.04. The van der Waals surface area contributed by atoms with Crippen LogP contribution in [-0.4, -0.2) is 12.6 Å². The maximum atomic E-state index is 9.04. The van der Waals surface area contributed by atoms with Crippen LogP contribution in [0.25, 0.3) is 0 Å². The van der Waals surface area contributed by atoms with Crippen molar-refractivity contribution in [3.05, 3.63) is 29.3 Å². The number of nitrogens with zero attached hydrogens (tertiary/aromatic N) is 1. The Morgan fingerprint density at radius 3 is 2.68 bits per heavy atom. The molecule has 0 aromatic heterocycles. The van der Waals surface area contributed by atoms with E-state index in [9.17, 15) is 0 Å². The van der Waals surface area contributed by atoms with Crippen LogP contribution in [0.1, 0.15) is 50.8 Å². The van der Waals surface area contributed by atoms with E-state index in [-0.39, 0.29) is 12.1 Å². The Morgan fingerprint density at radius 2 is 2.11 bits per heavy atom. The van der Waals surface area contributed by atoms with Gasteiger partial charge >= 0.3 is 0 Å². The second-order valence-electron chi connectivity index (χ2n) is 4.86. The van der Waals surface area contributed by atoms with Gasteiger partial charge in [0.1, 0.15) is 11.8 Å². The molecule has 19 heavy (non-hydrogen) atoms. The van der Waals surface area contributed by atoms with E-state index in [1.54, 1.807) is 0 Å². The molecule has 3 heteroatoms. The Morgan fingerprint density at radius 1 is 1.37 bits per heavy atom. The summed E-state index contributed by atoms with van der Waals surface area (Å²) < 4.78 is 5.82. The monoisotopic (exact) mass is 260 g/mol. The molecule has 1 rings (SSSR count). The van der Waals surface area contributed by atoms with E-state index in [0.717, 1.165) is 29.8 Å². The van der Waals surface area contributed by atoms with Gasteiger partial charge in [-0.1, -0.05) is 26.0 Å². The van der Waals surface area contributed by atoms with E-state index in [2.05, 4.69) is 37.4 Å². The quantitative estimate of drug-likeness (QED) is 0.812. The van der Waals surface area contributed by atoms with Crippen LogP contribution in [0.2, 0.25) is 0 Å². The Kier molecular flexibility index (Phi) is 6.38. The number of aryl methyl sites for hydroxylation is 1. The fourth-order valence-corrected chi connectivity index (χ4v) is 1.93. The molecule has 0 spiro atoms. The average Bonchev–Trinajstić information content (AvgIpc) is 2.42. The summed E-state index contributed by atoms with van der Waals surface area (Å²) in [4.78, 5) is 0.